The Morgan fingerprint density at radius 3 is 2.33 bits per heavy atom. The van der Waals surface area contributed by atoms with Gasteiger partial charge in [-0.2, -0.15) is 0 Å². The van der Waals surface area contributed by atoms with Crippen LogP contribution in [0, 0.1) is 6.92 Å². The molecule has 1 rings (SSSR count). The Balaban J connectivity index is 2.96. The first-order chi connectivity index (χ1) is 8.32. The van der Waals surface area contributed by atoms with Gasteiger partial charge in [0.2, 0.25) is 0 Å². The van der Waals surface area contributed by atoms with Gasteiger partial charge in [-0.25, -0.2) is 0 Å². The standard InChI is InChI=1S/C15H23NO2/c1-10(2)13-8-7-11(3)9-14(13)18-12(4)15(17)16(5)6/h7-10,12H,1-6H3/t12-/m1/s1. The number of rotatable bonds is 4. The van der Waals surface area contributed by atoms with Crippen molar-refractivity contribution < 1.29 is 9.53 Å². The van der Waals surface area contributed by atoms with E-state index < -0.39 is 6.10 Å². The van der Waals surface area contributed by atoms with E-state index in [1.165, 1.54) is 0 Å². The molecule has 0 aliphatic heterocycles. The molecule has 1 atom stereocenters. The summed E-state index contributed by atoms with van der Waals surface area (Å²) in [5.41, 5.74) is 2.28. The fraction of sp³-hybridized carbons (Fsp3) is 0.533. The predicted octanol–water partition coefficient (Wildman–Crippen LogP) is 2.97. The largest absolute Gasteiger partial charge is 0.481 e. The van der Waals surface area contributed by atoms with E-state index in [1.54, 1.807) is 25.9 Å². The summed E-state index contributed by atoms with van der Waals surface area (Å²) in [6.45, 7) is 8.05. The zero-order valence-corrected chi connectivity index (χ0v) is 12.2. The first kappa shape index (κ1) is 14.6. The van der Waals surface area contributed by atoms with Gasteiger partial charge in [-0.1, -0.05) is 26.0 Å². The van der Waals surface area contributed by atoms with Crippen LogP contribution in [0.1, 0.15) is 37.8 Å². The SMILES string of the molecule is Cc1ccc(C(C)C)c(O[C@H](C)C(=O)N(C)C)c1. The van der Waals surface area contributed by atoms with Crippen LogP contribution in [0.25, 0.3) is 0 Å². The van der Waals surface area contributed by atoms with Crippen molar-refractivity contribution in [3.05, 3.63) is 29.3 Å². The molecule has 0 saturated carbocycles. The van der Waals surface area contributed by atoms with Gasteiger partial charge in [0.05, 0.1) is 0 Å². The summed E-state index contributed by atoms with van der Waals surface area (Å²) in [4.78, 5) is 13.4. The molecule has 1 amide bonds. The highest BCUT2D eigenvalue weighted by atomic mass is 16.5. The van der Waals surface area contributed by atoms with Crippen molar-refractivity contribution in [1.29, 1.82) is 0 Å². The lowest BCUT2D eigenvalue weighted by molar-refractivity contribution is -0.135. The Morgan fingerprint density at radius 2 is 1.83 bits per heavy atom. The topological polar surface area (TPSA) is 29.5 Å². The van der Waals surface area contributed by atoms with Gasteiger partial charge in [-0.05, 0) is 37.0 Å². The Labute approximate surface area is 110 Å². The number of nitrogens with zero attached hydrogens (tertiary/aromatic N) is 1. The molecule has 0 spiro atoms. The van der Waals surface area contributed by atoms with E-state index in [4.69, 9.17) is 4.74 Å². The first-order valence-corrected chi connectivity index (χ1v) is 6.31. The normalized spacial score (nSPS) is 12.4. The molecule has 0 N–H and O–H groups in total. The molecule has 18 heavy (non-hydrogen) atoms. The average Bonchev–Trinajstić information content (AvgIpc) is 2.27. The Bertz CT molecular complexity index is 425. The smallest absolute Gasteiger partial charge is 0.262 e. The van der Waals surface area contributed by atoms with Gasteiger partial charge >= 0.3 is 0 Å². The number of hydrogen-bond donors (Lipinski definition) is 0. The Kier molecular flexibility index (Phi) is 4.76. The van der Waals surface area contributed by atoms with E-state index in [1.807, 2.05) is 13.0 Å². The summed E-state index contributed by atoms with van der Waals surface area (Å²) in [5, 5.41) is 0. The fourth-order valence-corrected chi connectivity index (χ4v) is 1.83. The molecule has 0 heterocycles. The van der Waals surface area contributed by atoms with Crippen molar-refractivity contribution in [1.82, 2.24) is 4.90 Å². The number of benzene rings is 1. The summed E-state index contributed by atoms with van der Waals surface area (Å²) in [6.07, 6.45) is -0.459. The van der Waals surface area contributed by atoms with Crippen LogP contribution in [0.3, 0.4) is 0 Å². The van der Waals surface area contributed by atoms with Gasteiger partial charge in [0, 0.05) is 14.1 Å². The maximum absolute atomic E-state index is 11.8. The summed E-state index contributed by atoms with van der Waals surface area (Å²) >= 11 is 0. The lowest BCUT2D eigenvalue weighted by Gasteiger charge is -2.21. The van der Waals surface area contributed by atoms with E-state index in [0.29, 0.717) is 5.92 Å². The highest BCUT2D eigenvalue weighted by Crippen LogP contribution is 2.28. The van der Waals surface area contributed by atoms with Crippen molar-refractivity contribution >= 4 is 5.91 Å². The van der Waals surface area contributed by atoms with Crippen LogP contribution in [-0.4, -0.2) is 31.0 Å². The molecule has 0 aliphatic carbocycles. The average molecular weight is 249 g/mol. The van der Waals surface area contributed by atoms with Crippen LogP contribution < -0.4 is 4.74 Å². The van der Waals surface area contributed by atoms with Crippen molar-refractivity contribution in [3.8, 4) is 5.75 Å². The third-order valence-corrected chi connectivity index (χ3v) is 2.88. The van der Waals surface area contributed by atoms with Gasteiger partial charge < -0.3 is 9.64 Å². The minimum absolute atomic E-state index is 0.0220. The number of aryl methyl sites for hydroxylation is 1. The third kappa shape index (κ3) is 3.49. The number of amides is 1. The van der Waals surface area contributed by atoms with E-state index in [0.717, 1.165) is 16.9 Å². The second-order valence-electron chi connectivity index (χ2n) is 5.19. The summed E-state index contributed by atoms with van der Waals surface area (Å²) in [5.74, 6) is 1.17. The molecule has 0 fully saturated rings. The number of carbonyl (C=O) groups is 1. The molecule has 0 radical (unpaired) electrons. The zero-order valence-electron chi connectivity index (χ0n) is 12.2. The molecule has 1 aromatic carbocycles. The van der Waals surface area contributed by atoms with E-state index in [2.05, 4.69) is 26.0 Å². The van der Waals surface area contributed by atoms with Gasteiger partial charge in [0.25, 0.3) is 5.91 Å². The van der Waals surface area contributed by atoms with Gasteiger partial charge in [0.1, 0.15) is 5.75 Å². The molecule has 0 unspecified atom stereocenters. The summed E-state index contributed by atoms with van der Waals surface area (Å²) in [6, 6.07) is 6.14. The van der Waals surface area contributed by atoms with Crippen molar-refractivity contribution in [3.63, 3.8) is 0 Å². The molecule has 0 aliphatic rings. The van der Waals surface area contributed by atoms with Crippen molar-refractivity contribution in [2.45, 2.75) is 39.7 Å². The van der Waals surface area contributed by atoms with Crippen LogP contribution in [-0.2, 0) is 4.79 Å². The first-order valence-electron chi connectivity index (χ1n) is 6.31. The quantitative estimate of drug-likeness (QED) is 0.821. The van der Waals surface area contributed by atoms with Crippen LogP contribution in [0.4, 0.5) is 0 Å². The number of hydrogen-bond acceptors (Lipinski definition) is 2. The van der Waals surface area contributed by atoms with Crippen LogP contribution in [0.2, 0.25) is 0 Å². The third-order valence-electron chi connectivity index (χ3n) is 2.88. The number of ether oxygens (including phenoxy) is 1. The van der Waals surface area contributed by atoms with Gasteiger partial charge in [-0.15, -0.1) is 0 Å². The summed E-state index contributed by atoms with van der Waals surface area (Å²) in [7, 11) is 3.48. The molecule has 3 nitrogen and oxygen atoms in total. The lowest BCUT2D eigenvalue weighted by Crippen LogP contribution is -2.35. The monoisotopic (exact) mass is 249 g/mol. The predicted molar refractivity (Wildman–Crippen MR) is 74.1 cm³/mol. The van der Waals surface area contributed by atoms with Crippen LogP contribution in [0.15, 0.2) is 18.2 Å². The molecule has 1 aromatic rings. The minimum atomic E-state index is -0.459. The van der Waals surface area contributed by atoms with E-state index in [-0.39, 0.29) is 5.91 Å². The Hall–Kier alpha value is -1.51. The number of likely N-dealkylation sites (N-methyl/N-ethyl adjacent to an activating group) is 1. The molecule has 0 bridgehead atoms. The van der Waals surface area contributed by atoms with Crippen molar-refractivity contribution in [2.75, 3.05) is 14.1 Å². The zero-order chi connectivity index (χ0) is 13.9. The second-order valence-corrected chi connectivity index (χ2v) is 5.19. The molecular formula is C15H23NO2. The summed E-state index contributed by atoms with van der Waals surface area (Å²) < 4.78 is 5.82. The maximum atomic E-state index is 11.8. The van der Waals surface area contributed by atoms with Gasteiger partial charge in [-0.3, -0.25) is 4.79 Å². The minimum Gasteiger partial charge on any atom is -0.481 e. The molecule has 100 valence electrons. The number of carbonyl (C=O) groups excluding carboxylic acids is 1. The fourth-order valence-electron chi connectivity index (χ4n) is 1.83. The highest BCUT2D eigenvalue weighted by molar-refractivity contribution is 5.80. The van der Waals surface area contributed by atoms with E-state index >= 15 is 0 Å². The molecule has 0 aromatic heterocycles. The van der Waals surface area contributed by atoms with Crippen LogP contribution >= 0.6 is 0 Å². The van der Waals surface area contributed by atoms with Crippen molar-refractivity contribution in [2.24, 2.45) is 0 Å². The van der Waals surface area contributed by atoms with E-state index in [9.17, 15) is 4.79 Å². The lowest BCUT2D eigenvalue weighted by atomic mass is 10.0. The van der Waals surface area contributed by atoms with Gasteiger partial charge in [0.15, 0.2) is 6.10 Å². The Morgan fingerprint density at radius 1 is 1.22 bits per heavy atom. The highest BCUT2D eigenvalue weighted by Gasteiger charge is 2.18. The molecular weight excluding hydrogens is 226 g/mol. The molecule has 3 heteroatoms. The molecule has 0 saturated heterocycles. The van der Waals surface area contributed by atoms with Crippen LogP contribution in [0.5, 0.6) is 5.75 Å². The maximum Gasteiger partial charge on any atom is 0.262 e. The second kappa shape index (κ2) is 5.89.